The fourth-order valence-corrected chi connectivity index (χ4v) is 6.70. The molecule has 0 atom stereocenters. The van der Waals surface area contributed by atoms with Crippen molar-refractivity contribution in [1.82, 2.24) is 0 Å². The van der Waals surface area contributed by atoms with Gasteiger partial charge in [0.2, 0.25) is 0 Å². The molecule has 224 valence electrons. The van der Waals surface area contributed by atoms with Crippen LogP contribution in [0.25, 0.3) is 11.1 Å². The first-order valence-electron chi connectivity index (χ1n) is 15.2. The third-order valence-electron chi connectivity index (χ3n) is 8.61. The van der Waals surface area contributed by atoms with Crippen molar-refractivity contribution in [3.8, 4) is 11.1 Å². The smallest absolute Gasteiger partial charge is 0.0570 e. The van der Waals surface area contributed by atoms with Crippen molar-refractivity contribution < 1.29 is 0 Å². The predicted octanol–water partition coefficient (Wildman–Crippen LogP) is 13.3. The van der Waals surface area contributed by atoms with E-state index in [1.54, 1.807) is 0 Å². The van der Waals surface area contributed by atoms with Gasteiger partial charge in [-0.05, 0) is 132 Å². The van der Waals surface area contributed by atoms with Gasteiger partial charge in [0.05, 0.1) is 11.4 Å². The van der Waals surface area contributed by atoms with Gasteiger partial charge in [-0.2, -0.15) is 0 Å². The van der Waals surface area contributed by atoms with Crippen molar-refractivity contribution in [2.24, 2.45) is 0 Å². The Bertz CT molecular complexity index is 1700. The van der Waals surface area contributed by atoms with Crippen LogP contribution in [0.2, 0.25) is 0 Å². The summed E-state index contributed by atoms with van der Waals surface area (Å²) in [6.45, 7) is 18.4. The molecule has 2 heterocycles. The molecule has 0 aromatic heterocycles. The summed E-state index contributed by atoms with van der Waals surface area (Å²) < 4.78 is 2.14. The van der Waals surface area contributed by atoms with E-state index in [1.165, 1.54) is 44.8 Å². The molecule has 4 heteroatoms. The van der Waals surface area contributed by atoms with Gasteiger partial charge in [0, 0.05) is 42.8 Å². The van der Waals surface area contributed by atoms with Crippen LogP contribution in [-0.4, -0.2) is 0 Å². The molecule has 0 saturated carbocycles. The Morgan fingerprint density at radius 2 is 0.705 bits per heavy atom. The molecule has 0 radical (unpaired) electrons. The van der Waals surface area contributed by atoms with Gasteiger partial charge in [-0.3, -0.25) is 0 Å². The molecule has 2 aliphatic heterocycles. The summed E-state index contributed by atoms with van der Waals surface area (Å²) in [5.74, 6) is 0. The van der Waals surface area contributed by atoms with Crippen molar-refractivity contribution in [2.75, 3.05) is 9.80 Å². The molecule has 2 bridgehead atoms. The standard InChI is InChI=1S/C40H40Br2N2/c1-25-21-27(39(3,4)5)23-35-36-24-28(40(6,7)8)22-26(2)38(36)44(32-15-11-30(42)12-16-32)34-19-17-33(18-20-34)43(37(25)35)31-13-9-29(41)10-14-31/h9-24H,1-8H3. The van der Waals surface area contributed by atoms with Crippen LogP contribution in [0.1, 0.15) is 63.8 Å². The van der Waals surface area contributed by atoms with Crippen LogP contribution in [-0.2, 0) is 10.8 Å². The monoisotopic (exact) mass is 706 g/mol. The number of hydrogen-bond donors (Lipinski definition) is 0. The van der Waals surface area contributed by atoms with Gasteiger partial charge in [-0.15, -0.1) is 0 Å². The molecule has 0 amide bonds. The number of aryl methyl sites for hydroxylation is 2. The molecule has 2 aliphatic rings. The third kappa shape index (κ3) is 5.63. The number of benzene rings is 5. The second kappa shape index (κ2) is 11.2. The molecule has 44 heavy (non-hydrogen) atoms. The Labute approximate surface area is 280 Å². The number of halogens is 2. The van der Waals surface area contributed by atoms with Crippen LogP contribution < -0.4 is 9.80 Å². The van der Waals surface area contributed by atoms with E-state index in [9.17, 15) is 0 Å². The Hall–Kier alpha value is -3.34. The predicted molar refractivity (Wildman–Crippen MR) is 197 cm³/mol. The lowest BCUT2D eigenvalue weighted by atomic mass is 9.80. The summed E-state index contributed by atoms with van der Waals surface area (Å²) in [6, 6.07) is 36.1. The molecule has 0 saturated heterocycles. The molecular formula is C40H40Br2N2. The topological polar surface area (TPSA) is 6.48 Å². The molecular weight excluding hydrogens is 668 g/mol. The normalized spacial score (nSPS) is 13.1. The van der Waals surface area contributed by atoms with Crippen LogP contribution in [0.4, 0.5) is 34.1 Å². The van der Waals surface area contributed by atoms with Gasteiger partial charge in [0.15, 0.2) is 0 Å². The maximum atomic E-state index is 3.66. The lowest BCUT2D eigenvalue weighted by Gasteiger charge is -2.37. The van der Waals surface area contributed by atoms with Crippen LogP contribution in [0, 0.1) is 13.8 Å². The van der Waals surface area contributed by atoms with Crippen molar-refractivity contribution >= 4 is 66.0 Å². The van der Waals surface area contributed by atoms with Crippen LogP contribution in [0.5, 0.6) is 0 Å². The number of hydrogen-bond acceptors (Lipinski definition) is 2. The fourth-order valence-electron chi connectivity index (χ4n) is 6.18. The zero-order chi connectivity index (χ0) is 31.6. The van der Waals surface area contributed by atoms with Crippen molar-refractivity contribution in [1.29, 1.82) is 0 Å². The SMILES string of the molecule is Cc1cc(C(C)(C)C)cc2c1N(c1ccc(Br)cc1)c1ccc(cc1)N(c1ccc(Br)cc1)c1c(C)cc(C(C)(C)C)cc1-2. The summed E-state index contributed by atoms with van der Waals surface area (Å²) in [5, 5.41) is 0. The summed E-state index contributed by atoms with van der Waals surface area (Å²) in [7, 11) is 0. The first-order chi connectivity index (χ1) is 20.7. The Morgan fingerprint density at radius 1 is 0.432 bits per heavy atom. The van der Waals surface area contributed by atoms with E-state index in [1.807, 2.05) is 0 Å². The number of rotatable bonds is 2. The molecule has 0 aliphatic carbocycles. The van der Waals surface area contributed by atoms with Gasteiger partial charge in [0.1, 0.15) is 0 Å². The average molecular weight is 709 g/mol. The van der Waals surface area contributed by atoms with E-state index in [2.05, 4.69) is 194 Å². The number of nitrogens with zero attached hydrogens (tertiary/aromatic N) is 2. The number of fused-ring (bicyclic) bond motifs is 2. The van der Waals surface area contributed by atoms with Gasteiger partial charge in [-0.1, -0.05) is 85.5 Å². The van der Waals surface area contributed by atoms with Gasteiger partial charge in [-0.25, -0.2) is 0 Å². The molecule has 5 aromatic rings. The van der Waals surface area contributed by atoms with Crippen LogP contribution in [0.15, 0.2) is 106 Å². The average Bonchev–Trinajstić information content (AvgIpc) is 2.96. The first kappa shape index (κ1) is 30.7. The minimum Gasteiger partial charge on any atom is -0.310 e. The highest BCUT2D eigenvalue weighted by Gasteiger charge is 2.30. The second-order valence-corrected chi connectivity index (χ2v) is 15.9. The minimum absolute atomic E-state index is 0.0134. The van der Waals surface area contributed by atoms with Gasteiger partial charge < -0.3 is 9.80 Å². The van der Waals surface area contributed by atoms with E-state index in [0.717, 1.165) is 31.7 Å². The lowest BCUT2D eigenvalue weighted by molar-refractivity contribution is 0.589. The van der Waals surface area contributed by atoms with E-state index in [0.29, 0.717) is 0 Å². The zero-order valence-electron chi connectivity index (χ0n) is 26.9. The van der Waals surface area contributed by atoms with E-state index in [-0.39, 0.29) is 10.8 Å². The first-order valence-corrected chi connectivity index (χ1v) is 16.8. The van der Waals surface area contributed by atoms with Crippen LogP contribution >= 0.6 is 31.9 Å². The number of anilines is 6. The summed E-state index contributed by atoms with van der Waals surface area (Å²) in [5.41, 5.74) is 14.5. The minimum atomic E-state index is -0.0134. The summed E-state index contributed by atoms with van der Waals surface area (Å²) >= 11 is 7.32. The second-order valence-electron chi connectivity index (χ2n) is 14.0. The lowest BCUT2D eigenvalue weighted by Crippen LogP contribution is -2.20. The van der Waals surface area contributed by atoms with Crippen molar-refractivity contribution in [3.63, 3.8) is 0 Å². The largest absolute Gasteiger partial charge is 0.310 e. The quantitative estimate of drug-likeness (QED) is 0.177. The highest BCUT2D eigenvalue weighted by molar-refractivity contribution is 9.10. The maximum Gasteiger partial charge on any atom is 0.0570 e. The highest BCUT2D eigenvalue weighted by atomic mass is 79.9. The van der Waals surface area contributed by atoms with Crippen molar-refractivity contribution in [2.45, 2.75) is 66.2 Å². The molecule has 0 unspecified atom stereocenters. The molecule has 0 spiro atoms. The van der Waals surface area contributed by atoms with E-state index >= 15 is 0 Å². The molecule has 7 rings (SSSR count). The summed E-state index contributed by atoms with van der Waals surface area (Å²) in [4.78, 5) is 4.87. The van der Waals surface area contributed by atoms with E-state index < -0.39 is 0 Å². The summed E-state index contributed by atoms with van der Waals surface area (Å²) in [6.07, 6.45) is 0. The fraction of sp³-hybridized carbons (Fsp3) is 0.250. The van der Waals surface area contributed by atoms with Crippen LogP contribution in [0.3, 0.4) is 0 Å². The van der Waals surface area contributed by atoms with Gasteiger partial charge >= 0.3 is 0 Å². The highest BCUT2D eigenvalue weighted by Crippen LogP contribution is 2.52. The molecule has 2 nitrogen and oxygen atoms in total. The Kier molecular flexibility index (Phi) is 7.83. The van der Waals surface area contributed by atoms with E-state index in [4.69, 9.17) is 0 Å². The van der Waals surface area contributed by atoms with Gasteiger partial charge in [0.25, 0.3) is 0 Å². The third-order valence-corrected chi connectivity index (χ3v) is 9.66. The molecule has 0 N–H and O–H groups in total. The van der Waals surface area contributed by atoms with Crippen molar-refractivity contribution in [3.05, 3.63) is 128 Å². The molecule has 5 aromatic carbocycles. The Balaban J connectivity index is 1.81. The zero-order valence-corrected chi connectivity index (χ0v) is 30.1. The maximum absolute atomic E-state index is 3.66. The Morgan fingerprint density at radius 3 is 0.977 bits per heavy atom. The molecule has 0 fully saturated rings.